The quantitative estimate of drug-likeness (QED) is 0.717. The van der Waals surface area contributed by atoms with Crippen molar-refractivity contribution in [1.82, 2.24) is 5.32 Å². The van der Waals surface area contributed by atoms with Gasteiger partial charge >= 0.3 is 0 Å². The number of nitrogens with one attached hydrogen (secondary N) is 2. The second-order valence-electron chi connectivity index (χ2n) is 5.62. The van der Waals surface area contributed by atoms with Gasteiger partial charge in [-0.2, -0.15) is 0 Å². The number of hydrogen-bond donors (Lipinski definition) is 3. The lowest BCUT2D eigenvalue weighted by Gasteiger charge is -2.15. The molecule has 5 nitrogen and oxygen atoms in total. The molecule has 0 unspecified atom stereocenters. The van der Waals surface area contributed by atoms with Crippen molar-refractivity contribution in [2.75, 3.05) is 11.9 Å². The van der Waals surface area contributed by atoms with Crippen molar-refractivity contribution >= 4 is 11.6 Å². The minimum absolute atomic E-state index is 0.0298. The van der Waals surface area contributed by atoms with Crippen molar-refractivity contribution in [2.45, 2.75) is 19.0 Å². The fraction of sp³-hybridized carbons (Fsp3) is 0.278. The molecule has 3 rings (SSSR count). The second kappa shape index (κ2) is 7.15. The molecular formula is C18H20N2O3. The highest BCUT2D eigenvalue weighted by Gasteiger charge is 2.21. The van der Waals surface area contributed by atoms with E-state index >= 15 is 0 Å². The molecule has 0 saturated carbocycles. The molecule has 0 saturated heterocycles. The number of aliphatic hydroxyl groups excluding tert-OH is 1. The molecule has 120 valence electrons. The van der Waals surface area contributed by atoms with Gasteiger partial charge in [0.25, 0.3) is 5.91 Å². The lowest BCUT2D eigenvalue weighted by Crippen LogP contribution is -2.33. The van der Waals surface area contributed by atoms with Crippen LogP contribution < -0.4 is 10.6 Å². The van der Waals surface area contributed by atoms with Gasteiger partial charge in [-0.15, -0.1) is 0 Å². The topological polar surface area (TPSA) is 74.5 Å². The molecule has 1 aliphatic carbocycles. The summed E-state index contributed by atoms with van der Waals surface area (Å²) in [4.78, 5) is 12.5. The molecule has 0 aliphatic heterocycles. The Morgan fingerprint density at radius 3 is 2.83 bits per heavy atom. The maximum absolute atomic E-state index is 12.5. The molecule has 0 radical (unpaired) electrons. The first-order valence-corrected chi connectivity index (χ1v) is 7.71. The van der Waals surface area contributed by atoms with Gasteiger partial charge in [-0.25, -0.2) is 0 Å². The van der Waals surface area contributed by atoms with E-state index in [1.807, 2.05) is 42.5 Å². The van der Waals surface area contributed by atoms with Crippen LogP contribution in [0.2, 0.25) is 0 Å². The van der Waals surface area contributed by atoms with Crippen molar-refractivity contribution in [3.8, 4) is 0 Å². The number of amides is 1. The van der Waals surface area contributed by atoms with E-state index in [0.717, 1.165) is 17.9 Å². The summed E-state index contributed by atoms with van der Waals surface area (Å²) in [5.41, 5.74) is 1.36. The molecule has 1 aromatic carbocycles. The molecule has 23 heavy (non-hydrogen) atoms. The number of carbonyl (C=O) groups excluding carboxylic acids is 1. The van der Waals surface area contributed by atoms with E-state index in [1.165, 1.54) is 0 Å². The Hall–Kier alpha value is -2.53. The zero-order valence-electron chi connectivity index (χ0n) is 12.7. The molecule has 1 aliphatic rings. The van der Waals surface area contributed by atoms with E-state index < -0.39 is 0 Å². The van der Waals surface area contributed by atoms with Crippen LogP contribution in [-0.2, 0) is 6.54 Å². The van der Waals surface area contributed by atoms with Crippen molar-refractivity contribution in [3.05, 3.63) is 66.1 Å². The van der Waals surface area contributed by atoms with Crippen LogP contribution in [0.5, 0.6) is 0 Å². The monoisotopic (exact) mass is 312 g/mol. The van der Waals surface area contributed by atoms with Gasteiger partial charge in [0.2, 0.25) is 0 Å². The molecule has 0 bridgehead atoms. The number of benzene rings is 1. The molecule has 2 atom stereocenters. The minimum Gasteiger partial charge on any atom is -0.467 e. The van der Waals surface area contributed by atoms with Gasteiger partial charge in [0, 0.05) is 24.3 Å². The molecule has 0 fully saturated rings. The van der Waals surface area contributed by atoms with E-state index in [0.29, 0.717) is 12.1 Å². The molecule has 1 heterocycles. The number of anilines is 1. The number of aliphatic hydroxyl groups is 1. The SMILES string of the molecule is O=C(N[C@@H]1C=C[C@H](CO)C1)c1ccccc1NCc1ccco1. The maximum atomic E-state index is 12.5. The molecule has 0 spiro atoms. The number of carbonyl (C=O) groups is 1. The third-order valence-corrected chi connectivity index (χ3v) is 3.93. The van der Waals surface area contributed by atoms with E-state index in [-0.39, 0.29) is 24.5 Å². The Labute approximate surface area is 135 Å². The Morgan fingerprint density at radius 2 is 2.09 bits per heavy atom. The molecule has 1 amide bonds. The highest BCUT2D eigenvalue weighted by atomic mass is 16.3. The van der Waals surface area contributed by atoms with Gasteiger partial charge < -0.3 is 20.2 Å². The van der Waals surface area contributed by atoms with E-state index in [2.05, 4.69) is 10.6 Å². The van der Waals surface area contributed by atoms with E-state index in [1.54, 1.807) is 12.3 Å². The first kappa shape index (κ1) is 15.4. The first-order valence-electron chi connectivity index (χ1n) is 7.71. The lowest BCUT2D eigenvalue weighted by atomic mass is 10.1. The van der Waals surface area contributed by atoms with E-state index in [4.69, 9.17) is 9.52 Å². The third-order valence-electron chi connectivity index (χ3n) is 3.93. The fourth-order valence-corrected chi connectivity index (χ4v) is 2.69. The predicted molar refractivity (Wildman–Crippen MR) is 88.1 cm³/mol. The fourth-order valence-electron chi connectivity index (χ4n) is 2.69. The molecule has 3 N–H and O–H groups in total. The molecule has 1 aromatic heterocycles. The van der Waals surface area contributed by atoms with Crippen LogP contribution >= 0.6 is 0 Å². The average molecular weight is 312 g/mol. The number of furan rings is 1. The number of hydrogen-bond acceptors (Lipinski definition) is 4. The summed E-state index contributed by atoms with van der Waals surface area (Å²) in [6.45, 7) is 0.636. The Balaban J connectivity index is 1.65. The summed E-state index contributed by atoms with van der Waals surface area (Å²) in [5.74, 6) is 0.818. The summed E-state index contributed by atoms with van der Waals surface area (Å²) in [5, 5.41) is 15.4. The first-order chi connectivity index (χ1) is 11.3. The molecule has 2 aromatic rings. The van der Waals surface area contributed by atoms with Gasteiger partial charge in [0.1, 0.15) is 5.76 Å². The second-order valence-corrected chi connectivity index (χ2v) is 5.62. The molecular weight excluding hydrogens is 292 g/mol. The number of rotatable bonds is 6. The van der Waals surface area contributed by atoms with Crippen molar-refractivity contribution < 1.29 is 14.3 Å². The zero-order chi connectivity index (χ0) is 16.1. The Morgan fingerprint density at radius 1 is 1.22 bits per heavy atom. The third kappa shape index (κ3) is 3.81. The minimum atomic E-state index is -0.124. The standard InChI is InChI=1S/C18H20N2O3/c21-12-13-7-8-14(10-13)20-18(22)16-5-1-2-6-17(16)19-11-15-4-3-9-23-15/h1-9,13-14,19,21H,10-12H2,(H,20,22)/t13-,14+/m0/s1. The van der Waals surface area contributed by atoms with Gasteiger partial charge in [0.05, 0.1) is 18.4 Å². The summed E-state index contributed by atoms with van der Waals surface area (Å²) < 4.78 is 5.29. The van der Waals surface area contributed by atoms with Crippen LogP contribution in [-0.4, -0.2) is 23.7 Å². The van der Waals surface area contributed by atoms with Crippen molar-refractivity contribution in [2.24, 2.45) is 5.92 Å². The van der Waals surface area contributed by atoms with Crippen LogP contribution in [0, 0.1) is 5.92 Å². The summed E-state index contributed by atoms with van der Waals surface area (Å²) >= 11 is 0. The molecule has 5 heteroatoms. The van der Waals surface area contributed by atoms with Crippen LogP contribution in [0.4, 0.5) is 5.69 Å². The average Bonchev–Trinajstić information content (AvgIpc) is 3.24. The summed E-state index contributed by atoms with van der Waals surface area (Å²) in [6, 6.07) is 11.1. The van der Waals surface area contributed by atoms with Crippen LogP contribution in [0.3, 0.4) is 0 Å². The van der Waals surface area contributed by atoms with Crippen molar-refractivity contribution in [3.63, 3.8) is 0 Å². The largest absolute Gasteiger partial charge is 0.467 e. The smallest absolute Gasteiger partial charge is 0.253 e. The number of para-hydroxylation sites is 1. The van der Waals surface area contributed by atoms with Crippen LogP contribution in [0.1, 0.15) is 22.5 Å². The Bertz CT molecular complexity index is 679. The van der Waals surface area contributed by atoms with Gasteiger partial charge in [-0.1, -0.05) is 24.3 Å². The predicted octanol–water partition coefficient (Wildman–Crippen LogP) is 2.56. The Kier molecular flexibility index (Phi) is 4.78. The zero-order valence-corrected chi connectivity index (χ0v) is 12.7. The summed E-state index contributed by atoms with van der Waals surface area (Å²) in [7, 11) is 0. The summed E-state index contributed by atoms with van der Waals surface area (Å²) in [6.07, 6.45) is 6.26. The highest BCUT2D eigenvalue weighted by Crippen LogP contribution is 2.20. The van der Waals surface area contributed by atoms with Gasteiger partial charge in [-0.3, -0.25) is 4.79 Å². The van der Waals surface area contributed by atoms with Gasteiger partial charge in [0.15, 0.2) is 0 Å². The van der Waals surface area contributed by atoms with E-state index in [9.17, 15) is 4.79 Å². The maximum Gasteiger partial charge on any atom is 0.253 e. The normalized spacial score (nSPS) is 19.7. The highest BCUT2D eigenvalue weighted by molar-refractivity contribution is 5.99. The van der Waals surface area contributed by atoms with Crippen molar-refractivity contribution in [1.29, 1.82) is 0 Å². The van der Waals surface area contributed by atoms with Crippen LogP contribution in [0.15, 0.2) is 59.2 Å². The van der Waals surface area contributed by atoms with Crippen LogP contribution in [0.25, 0.3) is 0 Å². The van der Waals surface area contributed by atoms with Gasteiger partial charge in [-0.05, 0) is 30.7 Å². The lowest BCUT2D eigenvalue weighted by molar-refractivity contribution is 0.0942.